The summed E-state index contributed by atoms with van der Waals surface area (Å²) in [4.78, 5) is 17.1. The van der Waals surface area contributed by atoms with Gasteiger partial charge in [0.2, 0.25) is 5.91 Å². The van der Waals surface area contributed by atoms with Crippen molar-refractivity contribution >= 4 is 5.91 Å². The van der Waals surface area contributed by atoms with E-state index >= 15 is 0 Å². The van der Waals surface area contributed by atoms with Crippen LogP contribution < -0.4 is 5.32 Å². The summed E-state index contributed by atoms with van der Waals surface area (Å²) in [7, 11) is 0. The third kappa shape index (κ3) is 3.34. The number of benzene rings is 1. The highest BCUT2D eigenvalue weighted by atomic mass is 16.3. The van der Waals surface area contributed by atoms with Crippen molar-refractivity contribution < 1.29 is 9.90 Å². The third-order valence-corrected chi connectivity index (χ3v) is 5.02. The molecule has 1 fully saturated rings. The van der Waals surface area contributed by atoms with Gasteiger partial charge in [0, 0.05) is 18.9 Å². The summed E-state index contributed by atoms with van der Waals surface area (Å²) in [5, 5.41) is 13.3. The number of aliphatic hydroxyl groups excluding tert-OH is 1. The van der Waals surface area contributed by atoms with Crippen LogP contribution >= 0.6 is 0 Å². The smallest absolute Gasteiger partial charge is 0.230 e. The maximum atomic E-state index is 12.9. The Morgan fingerprint density at radius 3 is 2.58 bits per heavy atom. The van der Waals surface area contributed by atoms with E-state index in [1.807, 2.05) is 43.3 Å². The standard InChI is InChI=1S/C20H24N2O2/c1-15-6-8-16(9-7-15)18(23)14-22-19(24)20(10-2-3-11-20)17-5-4-12-21-13-17/h4-9,12-13,18,23H,2-3,10-11,14H2,1H3,(H,22,24)/t18-/m0/s1. The van der Waals surface area contributed by atoms with Crippen LogP contribution in [0.3, 0.4) is 0 Å². The number of aryl methyl sites for hydroxylation is 1. The largest absolute Gasteiger partial charge is 0.387 e. The molecule has 1 amide bonds. The minimum Gasteiger partial charge on any atom is -0.387 e. The lowest BCUT2D eigenvalue weighted by atomic mass is 9.78. The van der Waals surface area contributed by atoms with E-state index in [0.717, 1.165) is 42.4 Å². The summed E-state index contributed by atoms with van der Waals surface area (Å²) in [6.07, 6.45) is 6.59. The van der Waals surface area contributed by atoms with Gasteiger partial charge in [-0.15, -0.1) is 0 Å². The van der Waals surface area contributed by atoms with Crippen LogP contribution in [0.4, 0.5) is 0 Å². The van der Waals surface area contributed by atoms with Gasteiger partial charge in [-0.1, -0.05) is 48.7 Å². The van der Waals surface area contributed by atoms with Crippen LogP contribution in [-0.4, -0.2) is 22.5 Å². The van der Waals surface area contributed by atoms with Gasteiger partial charge in [0.25, 0.3) is 0 Å². The first-order chi connectivity index (χ1) is 11.6. The van der Waals surface area contributed by atoms with Crippen molar-refractivity contribution in [2.75, 3.05) is 6.54 Å². The predicted molar refractivity (Wildman–Crippen MR) is 93.5 cm³/mol. The van der Waals surface area contributed by atoms with Crippen LogP contribution in [0.1, 0.15) is 48.5 Å². The second-order valence-corrected chi connectivity index (χ2v) is 6.67. The molecule has 1 aliphatic carbocycles. The Balaban J connectivity index is 1.69. The zero-order valence-electron chi connectivity index (χ0n) is 14.0. The number of aromatic nitrogens is 1. The van der Waals surface area contributed by atoms with Crippen LogP contribution in [0.25, 0.3) is 0 Å². The normalized spacial score (nSPS) is 17.4. The Morgan fingerprint density at radius 1 is 1.25 bits per heavy atom. The molecule has 1 aromatic carbocycles. The molecule has 1 aliphatic rings. The molecule has 4 nitrogen and oxygen atoms in total. The fourth-order valence-electron chi connectivity index (χ4n) is 3.54. The highest BCUT2D eigenvalue weighted by Crippen LogP contribution is 2.41. The number of nitrogens with zero attached hydrogens (tertiary/aromatic N) is 1. The van der Waals surface area contributed by atoms with E-state index in [1.165, 1.54) is 0 Å². The molecule has 1 heterocycles. The third-order valence-electron chi connectivity index (χ3n) is 5.02. The van der Waals surface area contributed by atoms with Gasteiger partial charge in [-0.2, -0.15) is 0 Å². The van der Waals surface area contributed by atoms with Crippen LogP contribution in [-0.2, 0) is 10.2 Å². The van der Waals surface area contributed by atoms with E-state index in [0.29, 0.717) is 0 Å². The highest BCUT2D eigenvalue weighted by molar-refractivity contribution is 5.88. The Bertz CT molecular complexity index is 677. The molecule has 1 saturated carbocycles. The van der Waals surface area contributed by atoms with Crippen molar-refractivity contribution in [2.24, 2.45) is 0 Å². The molecule has 24 heavy (non-hydrogen) atoms. The van der Waals surface area contributed by atoms with Crippen molar-refractivity contribution in [3.63, 3.8) is 0 Å². The Hall–Kier alpha value is -2.20. The zero-order chi connectivity index (χ0) is 17.0. The number of hydrogen-bond donors (Lipinski definition) is 2. The monoisotopic (exact) mass is 324 g/mol. The number of hydrogen-bond acceptors (Lipinski definition) is 3. The molecule has 3 rings (SSSR count). The molecule has 2 aromatic rings. The molecule has 0 radical (unpaired) electrons. The highest BCUT2D eigenvalue weighted by Gasteiger charge is 2.42. The first kappa shape index (κ1) is 16.7. The number of rotatable bonds is 5. The Morgan fingerprint density at radius 2 is 1.96 bits per heavy atom. The fraction of sp³-hybridized carbons (Fsp3) is 0.400. The van der Waals surface area contributed by atoms with Gasteiger partial charge >= 0.3 is 0 Å². The summed E-state index contributed by atoms with van der Waals surface area (Å²) in [6.45, 7) is 2.24. The van der Waals surface area contributed by atoms with E-state index in [9.17, 15) is 9.90 Å². The summed E-state index contributed by atoms with van der Waals surface area (Å²) in [6, 6.07) is 11.6. The predicted octanol–water partition coefficient (Wildman–Crippen LogP) is 3.05. The maximum Gasteiger partial charge on any atom is 0.230 e. The van der Waals surface area contributed by atoms with E-state index < -0.39 is 11.5 Å². The average molecular weight is 324 g/mol. The summed E-state index contributed by atoms with van der Waals surface area (Å²) >= 11 is 0. The molecule has 1 atom stereocenters. The van der Waals surface area contributed by atoms with Crippen molar-refractivity contribution in [1.82, 2.24) is 10.3 Å². The number of aliphatic hydroxyl groups is 1. The summed E-state index contributed by atoms with van der Waals surface area (Å²) in [5.74, 6) is -0.000776. The summed E-state index contributed by atoms with van der Waals surface area (Å²) in [5.41, 5.74) is 2.45. The van der Waals surface area contributed by atoms with Gasteiger partial charge in [-0.05, 0) is 37.0 Å². The SMILES string of the molecule is Cc1ccc([C@@H](O)CNC(=O)C2(c3cccnc3)CCCC2)cc1. The molecule has 0 spiro atoms. The van der Waals surface area contributed by atoms with E-state index in [4.69, 9.17) is 0 Å². The average Bonchev–Trinajstić information content (AvgIpc) is 3.12. The molecular formula is C20H24N2O2. The van der Waals surface area contributed by atoms with Crippen molar-refractivity contribution in [2.45, 2.75) is 44.1 Å². The summed E-state index contributed by atoms with van der Waals surface area (Å²) < 4.78 is 0. The van der Waals surface area contributed by atoms with Gasteiger partial charge in [-0.3, -0.25) is 9.78 Å². The molecule has 0 bridgehead atoms. The van der Waals surface area contributed by atoms with Crippen LogP contribution in [0.5, 0.6) is 0 Å². The van der Waals surface area contributed by atoms with Gasteiger partial charge in [0.05, 0.1) is 11.5 Å². The second-order valence-electron chi connectivity index (χ2n) is 6.67. The Labute approximate surface area is 142 Å². The van der Waals surface area contributed by atoms with Crippen LogP contribution in [0.15, 0.2) is 48.8 Å². The number of pyridine rings is 1. The molecule has 1 aromatic heterocycles. The number of nitrogens with one attached hydrogen (secondary N) is 1. The lowest BCUT2D eigenvalue weighted by molar-refractivity contribution is -0.127. The van der Waals surface area contributed by atoms with E-state index in [2.05, 4.69) is 10.3 Å². The maximum absolute atomic E-state index is 12.9. The zero-order valence-corrected chi connectivity index (χ0v) is 14.0. The topological polar surface area (TPSA) is 62.2 Å². The molecule has 0 unspecified atom stereocenters. The molecule has 126 valence electrons. The first-order valence-corrected chi connectivity index (χ1v) is 8.55. The van der Waals surface area contributed by atoms with Crippen molar-refractivity contribution in [3.8, 4) is 0 Å². The van der Waals surface area contributed by atoms with Crippen LogP contribution in [0.2, 0.25) is 0 Å². The van der Waals surface area contributed by atoms with Gasteiger partial charge < -0.3 is 10.4 Å². The van der Waals surface area contributed by atoms with Gasteiger partial charge in [0.1, 0.15) is 0 Å². The molecular weight excluding hydrogens is 300 g/mol. The lowest BCUT2D eigenvalue weighted by Crippen LogP contribution is -2.44. The number of carbonyl (C=O) groups excluding carboxylic acids is 1. The minimum atomic E-state index is -0.693. The molecule has 4 heteroatoms. The first-order valence-electron chi connectivity index (χ1n) is 8.55. The quantitative estimate of drug-likeness (QED) is 0.888. The van der Waals surface area contributed by atoms with Gasteiger partial charge in [0.15, 0.2) is 0 Å². The minimum absolute atomic E-state index is 0.000776. The molecule has 2 N–H and O–H groups in total. The lowest BCUT2D eigenvalue weighted by Gasteiger charge is -2.28. The molecule has 0 saturated heterocycles. The van der Waals surface area contributed by atoms with Crippen molar-refractivity contribution in [3.05, 3.63) is 65.5 Å². The number of carbonyl (C=O) groups is 1. The van der Waals surface area contributed by atoms with Crippen LogP contribution in [0, 0.1) is 6.92 Å². The van der Waals surface area contributed by atoms with E-state index in [1.54, 1.807) is 12.4 Å². The fourth-order valence-corrected chi connectivity index (χ4v) is 3.54. The van der Waals surface area contributed by atoms with E-state index in [-0.39, 0.29) is 12.5 Å². The molecule has 0 aliphatic heterocycles. The Kier molecular flexibility index (Phi) is 4.95. The number of amides is 1. The van der Waals surface area contributed by atoms with Gasteiger partial charge in [-0.25, -0.2) is 0 Å². The second kappa shape index (κ2) is 7.14. The van der Waals surface area contributed by atoms with Crippen molar-refractivity contribution in [1.29, 1.82) is 0 Å².